The topological polar surface area (TPSA) is 54.5 Å². The van der Waals surface area contributed by atoms with E-state index in [4.69, 9.17) is 0 Å². The smallest absolute Gasteiger partial charge is 0.222 e. The summed E-state index contributed by atoms with van der Waals surface area (Å²) in [5, 5.41) is 0. The first-order valence-corrected chi connectivity index (χ1v) is 17.8. The minimum absolute atomic E-state index is 0.212. The number of benzene rings is 1. The van der Waals surface area contributed by atoms with Crippen molar-refractivity contribution in [3.05, 3.63) is 52.6 Å². The van der Waals surface area contributed by atoms with Gasteiger partial charge in [-0.1, -0.05) is 57.2 Å². The molecule has 4 aliphatic rings. The minimum atomic E-state index is -0.212. The number of fused-ring (bicyclic) bond motifs is 4. The summed E-state index contributed by atoms with van der Waals surface area (Å²) < 4.78 is 0. The van der Waals surface area contributed by atoms with E-state index in [0.29, 0.717) is 36.4 Å². The quantitative estimate of drug-likeness (QED) is 0.170. The van der Waals surface area contributed by atoms with Gasteiger partial charge in [-0.05, 0) is 104 Å². The van der Waals surface area contributed by atoms with Crippen molar-refractivity contribution in [3.63, 3.8) is 0 Å². The Bertz CT molecular complexity index is 1210. The van der Waals surface area contributed by atoms with Crippen LogP contribution >= 0.6 is 11.8 Å². The maximum Gasteiger partial charge on any atom is 0.222 e. The van der Waals surface area contributed by atoms with Gasteiger partial charge < -0.3 is 4.90 Å². The first kappa shape index (κ1) is 31.3. The van der Waals surface area contributed by atoms with Gasteiger partial charge in [0.15, 0.2) is 5.78 Å². The van der Waals surface area contributed by atoms with Gasteiger partial charge in [-0.15, -0.1) is 11.8 Å². The number of thioether (sulfide) groups is 1. The lowest BCUT2D eigenvalue weighted by atomic mass is 9.53. The number of Topliss-reactive ketones (excluding diaryl/α,β-unsaturated/α-hetero) is 1. The van der Waals surface area contributed by atoms with E-state index in [1.54, 1.807) is 5.57 Å². The lowest BCUT2D eigenvalue weighted by Crippen LogP contribution is -2.43. The van der Waals surface area contributed by atoms with Gasteiger partial charge >= 0.3 is 0 Å². The normalized spacial score (nSPS) is 26.9. The standard InChI is InChI=1S/C37H51NO3S/c1-4-5-22-38(3)35(41)11-9-7-6-8-10-23-42-29-16-12-26(13-17-29)32-25-37(2)33(20-21-34(37)40)31-18-14-27-24-28(39)15-19-30(27)36(31)32/h12-13,16-17,24,31-33H,4-11,14-15,18-23,25H2,1-3H3/t31-,32+,33-,37-/m0/s1. The van der Waals surface area contributed by atoms with Crippen molar-refractivity contribution >= 4 is 29.2 Å². The summed E-state index contributed by atoms with van der Waals surface area (Å²) in [6.07, 6.45) is 16.9. The number of ketones is 2. The molecule has 5 rings (SSSR count). The third-order valence-electron chi connectivity index (χ3n) is 10.8. The molecule has 1 aromatic rings. The molecular weight excluding hydrogens is 538 g/mol. The fourth-order valence-electron chi connectivity index (χ4n) is 8.34. The molecule has 228 valence electrons. The first-order valence-electron chi connectivity index (χ1n) is 16.8. The summed E-state index contributed by atoms with van der Waals surface area (Å²) in [5.41, 5.74) is 5.46. The SMILES string of the molecule is CCCCN(C)C(=O)CCCCCCCSc1ccc([C@H]2C[C@]3(C)C(=O)CC[C@H]3[C@@H]3CCC4=CC(=O)CCC4=C32)cc1. The number of carbonyl (C=O) groups excluding carboxylic acids is 3. The maximum absolute atomic E-state index is 13.2. The molecule has 0 bridgehead atoms. The van der Waals surface area contributed by atoms with Crippen LogP contribution in [0.5, 0.6) is 0 Å². The largest absolute Gasteiger partial charge is 0.346 e. The Morgan fingerprint density at radius 3 is 2.50 bits per heavy atom. The summed E-state index contributed by atoms with van der Waals surface area (Å²) in [7, 11) is 1.93. The Morgan fingerprint density at radius 2 is 1.71 bits per heavy atom. The number of carbonyl (C=O) groups is 3. The van der Waals surface area contributed by atoms with Crippen LogP contribution in [0.2, 0.25) is 0 Å². The predicted molar refractivity (Wildman–Crippen MR) is 173 cm³/mol. The Labute approximate surface area is 258 Å². The monoisotopic (exact) mass is 589 g/mol. The fourth-order valence-corrected chi connectivity index (χ4v) is 9.25. The molecule has 2 saturated carbocycles. The van der Waals surface area contributed by atoms with E-state index in [1.807, 2.05) is 29.8 Å². The molecule has 4 aliphatic carbocycles. The summed E-state index contributed by atoms with van der Waals surface area (Å²) in [6, 6.07) is 9.22. The van der Waals surface area contributed by atoms with Gasteiger partial charge in [-0.3, -0.25) is 14.4 Å². The molecule has 42 heavy (non-hydrogen) atoms. The van der Waals surface area contributed by atoms with Gasteiger partial charge in [-0.25, -0.2) is 0 Å². The van der Waals surface area contributed by atoms with Gasteiger partial charge in [0.25, 0.3) is 0 Å². The highest BCUT2D eigenvalue weighted by atomic mass is 32.2. The van der Waals surface area contributed by atoms with Crippen LogP contribution < -0.4 is 0 Å². The van der Waals surface area contributed by atoms with E-state index in [-0.39, 0.29) is 17.1 Å². The Morgan fingerprint density at radius 1 is 0.952 bits per heavy atom. The zero-order valence-corrected chi connectivity index (χ0v) is 27.0. The summed E-state index contributed by atoms with van der Waals surface area (Å²) in [6.45, 7) is 5.30. The molecule has 0 aliphatic heterocycles. The number of hydrogen-bond donors (Lipinski definition) is 0. The van der Waals surface area contributed by atoms with Crippen LogP contribution in [0.1, 0.15) is 122 Å². The van der Waals surface area contributed by atoms with Gasteiger partial charge in [0, 0.05) is 49.1 Å². The third-order valence-corrected chi connectivity index (χ3v) is 11.9. The van der Waals surface area contributed by atoms with E-state index >= 15 is 0 Å². The molecule has 1 amide bonds. The van der Waals surface area contributed by atoms with Crippen molar-refractivity contribution in [3.8, 4) is 0 Å². The Balaban J connectivity index is 1.15. The predicted octanol–water partition coefficient (Wildman–Crippen LogP) is 8.85. The van der Waals surface area contributed by atoms with Crippen molar-refractivity contribution in [1.82, 2.24) is 4.90 Å². The number of allylic oxidation sites excluding steroid dienone is 4. The summed E-state index contributed by atoms with van der Waals surface area (Å²) >= 11 is 1.94. The van der Waals surface area contributed by atoms with E-state index in [9.17, 15) is 14.4 Å². The third kappa shape index (κ3) is 6.82. The summed E-state index contributed by atoms with van der Waals surface area (Å²) in [4.78, 5) is 40.8. The molecule has 2 fully saturated rings. The highest BCUT2D eigenvalue weighted by Gasteiger charge is 2.56. The number of nitrogens with zero attached hydrogens (tertiary/aromatic N) is 1. The van der Waals surface area contributed by atoms with E-state index in [1.165, 1.54) is 40.9 Å². The first-order chi connectivity index (χ1) is 20.3. The second-order valence-electron chi connectivity index (χ2n) is 13.6. The van der Waals surface area contributed by atoms with Crippen LogP contribution in [0.25, 0.3) is 0 Å². The number of amides is 1. The highest BCUT2D eigenvalue weighted by molar-refractivity contribution is 7.99. The molecule has 0 saturated heterocycles. The average Bonchev–Trinajstić information content (AvgIpc) is 3.30. The van der Waals surface area contributed by atoms with Crippen LogP contribution in [0.15, 0.2) is 52.0 Å². The van der Waals surface area contributed by atoms with Crippen LogP contribution in [0.4, 0.5) is 0 Å². The molecule has 4 nitrogen and oxygen atoms in total. The van der Waals surface area contributed by atoms with Gasteiger partial charge in [0.1, 0.15) is 5.78 Å². The lowest BCUT2D eigenvalue weighted by molar-refractivity contribution is -0.130. The van der Waals surface area contributed by atoms with Gasteiger partial charge in [-0.2, -0.15) is 0 Å². The molecule has 1 aromatic carbocycles. The van der Waals surface area contributed by atoms with Crippen LogP contribution in [0.3, 0.4) is 0 Å². The minimum Gasteiger partial charge on any atom is -0.346 e. The molecule has 5 heteroatoms. The molecule has 0 spiro atoms. The second kappa shape index (κ2) is 14.1. The molecule has 0 unspecified atom stereocenters. The molecule has 0 radical (unpaired) electrons. The Hall–Kier alpha value is -2.14. The zero-order chi connectivity index (χ0) is 29.7. The molecule has 4 atom stereocenters. The van der Waals surface area contributed by atoms with Crippen LogP contribution in [-0.2, 0) is 14.4 Å². The van der Waals surface area contributed by atoms with Crippen molar-refractivity contribution in [2.24, 2.45) is 17.3 Å². The highest BCUT2D eigenvalue weighted by Crippen LogP contribution is 2.62. The van der Waals surface area contributed by atoms with E-state index in [2.05, 4.69) is 38.1 Å². The summed E-state index contributed by atoms with van der Waals surface area (Å²) in [5.74, 6) is 3.39. The zero-order valence-electron chi connectivity index (χ0n) is 26.2. The van der Waals surface area contributed by atoms with Crippen molar-refractivity contribution in [2.45, 2.75) is 121 Å². The maximum atomic E-state index is 13.2. The Kier molecular flexibility index (Phi) is 10.5. The molecule has 0 aromatic heterocycles. The van der Waals surface area contributed by atoms with E-state index < -0.39 is 0 Å². The molecular formula is C37H51NO3S. The van der Waals surface area contributed by atoms with Gasteiger partial charge in [0.05, 0.1) is 0 Å². The van der Waals surface area contributed by atoms with Crippen molar-refractivity contribution < 1.29 is 14.4 Å². The van der Waals surface area contributed by atoms with E-state index in [0.717, 1.165) is 76.5 Å². The van der Waals surface area contributed by atoms with Gasteiger partial charge in [0.2, 0.25) is 5.91 Å². The van der Waals surface area contributed by atoms with Crippen molar-refractivity contribution in [1.29, 1.82) is 0 Å². The van der Waals surface area contributed by atoms with Crippen molar-refractivity contribution in [2.75, 3.05) is 19.3 Å². The average molecular weight is 590 g/mol. The lowest BCUT2D eigenvalue weighted by Gasteiger charge is -2.50. The number of rotatable bonds is 13. The molecule has 0 heterocycles. The van der Waals surface area contributed by atoms with Crippen LogP contribution in [0, 0.1) is 17.3 Å². The fraction of sp³-hybridized carbons (Fsp3) is 0.649. The number of hydrogen-bond acceptors (Lipinski definition) is 4. The molecule has 0 N–H and O–H groups in total. The number of unbranched alkanes of at least 4 members (excludes halogenated alkanes) is 5. The van der Waals surface area contributed by atoms with Crippen LogP contribution in [-0.4, -0.2) is 41.7 Å². The second-order valence-corrected chi connectivity index (χ2v) is 14.7.